The molecule has 0 spiro atoms. The van der Waals surface area contributed by atoms with E-state index in [1.807, 2.05) is 6.92 Å². The van der Waals surface area contributed by atoms with Crippen LogP contribution in [-0.2, 0) is 14.8 Å². The van der Waals surface area contributed by atoms with Gasteiger partial charge in [0.2, 0.25) is 10.0 Å². The molecule has 20 heavy (non-hydrogen) atoms. The largest absolute Gasteiger partial charge is 0.480 e. The lowest BCUT2D eigenvalue weighted by Gasteiger charge is -2.26. The zero-order valence-electron chi connectivity index (χ0n) is 11.1. The molecule has 1 fully saturated rings. The first kappa shape index (κ1) is 15.3. The standard InChI is InChI=1S/C13H17NO4S2/c1-2-6-12-14(11(9-19-12)13(15)16)20(17,18)10-7-4-3-5-8-10/h3-5,7-8,11-12H,2,6,9H2,1H3,(H,15,16). The molecular formula is C13H17NO4S2. The van der Waals surface area contributed by atoms with E-state index in [-0.39, 0.29) is 10.3 Å². The maximum Gasteiger partial charge on any atom is 0.322 e. The SMILES string of the molecule is CCCC1SCC(C(=O)O)N1S(=O)(=O)c1ccccc1. The Labute approximate surface area is 123 Å². The highest BCUT2D eigenvalue weighted by Gasteiger charge is 2.45. The smallest absolute Gasteiger partial charge is 0.322 e. The molecule has 0 aromatic heterocycles. The third-order valence-corrected chi connectivity index (χ3v) is 6.60. The van der Waals surface area contributed by atoms with Gasteiger partial charge in [-0.3, -0.25) is 4.79 Å². The summed E-state index contributed by atoms with van der Waals surface area (Å²) >= 11 is 1.40. The van der Waals surface area contributed by atoms with Crippen molar-refractivity contribution in [2.45, 2.75) is 36.1 Å². The van der Waals surface area contributed by atoms with Gasteiger partial charge in [-0.25, -0.2) is 8.42 Å². The van der Waals surface area contributed by atoms with E-state index in [0.29, 0.717) is 12.2 Å². The van der Waals surface area contributed by atoms with Crippen LogP contribution >= 0.6 is 11.8 Å². The molecule has 1 aliphatic rings. The average Bonchev–Trinajstić information content (AvgIpc) is 2.85. The molecule has 0 radical (unpaired) electrons. The van der Waals surface area contributed by atoms with E-state index >= 15 is 0 Å². The molecule has 0 saturated carbocycles. The van der Waals surface area contributed by atoms with Crippen molar-refractivity contribution in [2.24, 2.45) is 0 Å². The highest BCUT2D eigenvalue weighted by Crippen LogP contribution is 2.36. The summed E-state index contributed by atoms with van der Waals surface area (Å²) in [7, 11) is -3.77. The molecule has 1 N–H and O–H groups in total. The van der Waals surface area contributed by atoms with Crippen LogP contribution < -0.4 is 0 Å². The fraction of sp³-hybridized carbons (Fsp3) is 0.462. The van der Waals surface area contributed by atoms with Gasteiger partial charge in [0.1, 0.15) is 6.04 Å². The molecule has 1 saturated heterocycles. The van der Waals surface area contributed by atoms with Gasteiger partial charge in [0, 0.05) is 5.75 Å². The second kappa shape index (κ2) is 6.15. The number of carboxylic acids is 1. The van der Waals surface area contributed by atoms with Gasteiger partial charge < -0.3 is 5.11 Å². The number of sulfonamides is 1. The number of carbonyl (C=O) groups is 1. The summed E-state index contributed by atoms with van der Waals surface area (Å²) in [6.45, 7) is 1.96. The van der Waals surface area contributed by atoms with Gasteiger partial charge >= 0.3 is 5.97 Å². The van der Waals surface area contributed by atoms with E-state index in [0.717, 1.165) is 6.42 Å². The molecular weight excluding hydrogens is 298 g/mol. The summed E-state index contributed by atoms with van der Waals surface area (Å²) in [5.74, 6) is -0.790. The van der Waals surface area contributed by atoms with Gasteiger partial charge in [-0.2, -0.15) is 4.31 Å². The van der Waals surface area contributed by atoms with Crippen LogP contribution in [0.3, 0.4) is 0 Å². The van der Waals surface area contributed by atoms with E-state index in [2.05, 4.69) is 0 Å². The third kappa shape index (κ3) is 2.84. The quantitative estimate of drug-likeness (QED) is 0.899. The number of thioether (sulfide) groups is 1. The molecule has 110 valence electrons. The second-order valence-electron chi connectivity index (χ2n) is 4.58. The van der Waals surface area contributed by atoms with Crippen LogP contribution in [0.25, 0.3) is 0 Å². The number of nitrogens with zero attached hydrogens (tertiary/aromatic N) is 1. The zero-order valence-corrected chi connectivity index (χ0v) is 12.7. The van der Waals surface area contributed by atoms with Crippen molar-refractivity contribution >= 4 is 27.8 Å². The average molecular weight is 315 g/mol. The molecule has 2 unspecified atom stereocenters. The minimum atomic E-state index is -3.77. The van der Waals surface area contributed by atoms with Crippen molar-refractivity contribution in [2.75, 3.05) is 5.75 Å². The number of carboxylic acid groups (broad SMARTS) is 1. The first-order chi connectivity index (χ1) is 9.48. The lowest BCUT2D eigenvalue weighted by molar-refractivity contribution is -0.140. The summed E-state index contributed by atoms with van der Waals surface area (Å²) in [5, 5.41) is 8.96. The summed E-state index contributed by atoms with van der Waals surface area (Å²) in [4.78, 5) is 11.5. The third-order valence-electron chi connectivity index (χ3n) is 3.18. The van der Waals surface area contributed by atoms with E-state index < -0.39 is 22.0 Å². The van der Waals surface area contributed by atoms with Gasteiger partial charge in [0.25, 0.3) is 0 Å². The Hall–Kier alpha value is -1.05. The van der Waals surface area contributed by atoms with Gasteiger partial charge in [-0.05, 0) is 18.6 Å². The summed E-state index contributed by atoms with van der Waals surface area (Å²) in [5.41, 5.74) is 0. The predicted molar refractivity (Wildman–Crippen MR) is 78.0 cm³/mol. The molecule has 1 aliphatic heterocycles. The highest BCUT2D eigenvalue weighted by molar-refractivity contribution is 8.01. The maximum absolute atomic E-state index is 12.7. The molecule has 2 atom stereocenters. The molecule has 5 nitrogen and oxygen atoms in total. The topological polar surface area (TPSA) is 74.7 Å². The van der Waals surface area contributed by atoms with Crippen LogP contribution in [0.15, 0.2) is 35.2 Å². The van der Waals surface area contributed by atoms with Crippen molar-refractivity contribution in [3.63, 3.8) is 0 Å². The summed E-state index contributed by atoms with van der Waals surface area (Å²) in [6, 6.07) is 7.03. The van der Waals surface area contributed by atoms with Crippen molar-refractivity contribution in [3.8, 4) is 0 Å². The minimum absolute atomic E-state index is 0.148. The predicted octanol–water partition coefficient (Wildman–Crippen LogP) is 2.00. The number of rotatable bonds is 5. The Balaban J connectivity index is 2.41. The molecule has 7 heteroatoms. The lowest BCUT2D eigenvalue weighted by atomic mass is 10.3. The Bertz CT molecular complexity index is 573. The van der Waals surface area contributed by atoms with E-state index in [1.54, 1.807) is 18.2 Å². The van der Waals surface area contributed by atoms with Crippen molar-refractivity contribution in [1.82, 2.24) is 4.31 Å². The molecule has 1 aromatic carbocycles. The molecule has 0 aliphatic carbocycles. The maximum atomic E-state index is 12.7. The fourth-order valence-electron chi connectivity index (χ4n) is 2.22. The van der Waals surface area contributed by atoms with Crippen LogP contribution in [-0.4, -0.2) is 41.0 Å². The van der Waals surface area contributed by atoms with Crippen molar-refractivity contribution < 1.29 is 18.3 Å². The van der Waals surface area contributed by atoms with Crippen LogP contribution in [0.5, 0.6) is 0 Å². The number of benzene rings is 1. The van der Waals surface area contributed by atoms with Crippen molar-refractivity contribution in [1.29, 1.82) is 0 Å². The highest BCUT2D eigenvalue weighted by atomic mass is 32.2. The zero-order chi connectivity index (χ0) is 14.8. The molecule has 0 bridgehead atoms. The van der Waals surface area contributed by atoms with Gasteiger partial charge in [0.15, 0.2) is 0 Å². The first-order valence-corrected chi connectivity index (χ1v) is 8.90. The Morgan fingerprint density at radius 3 is 2.60 bits per heavy atom. The number of hydrogen-bond acceptors (Lipinski definition) is 4. The normalized spacial score (nSPS) is 23.9. The van der Waals surface area contributed by atoms with Crippen molar-refractivity contribution in [3.05, 3.63) is 30.3 Å². The lowest BCUT2D eigenvalue weighted by Crippen LogP contribution is -2.45. The fourth-order valence-corrected chi connectivity index (χ4v) is 5.90. The number of aliphatic carboxylic acids is 1. The van der Waals surface area contributed by atoms with Gasteiger partial charge in [-0.15, -0.1) is 11.8 Å². The Kier molecular flexibility index (Phi) is 4.72. The Morgan fingerprint density at radius 1 is 1.40 bits per heavy atom. The first-order valence-electron chi connectivity index (χ1n) is 6.41. The van der Waals surface area contributed by atoms with E-state index in [1.165, 1.54) is 28.2 Å². The molecule has 1 aromatic rings. The van der Waals surface area contributed by atoms with Crippen LogP contribution in [0.1, 0.15) is 19.8 Å². The minimum Gasteiger partial charge on any atom is -0.480 e. The number of hydrogen-bond donors (Lipinski definition) is 1. The van der Waals surface area contributed by atoms with Crippen LogP contribution in [0.2, 0.25) is 0 Å². The van der Waals surface area contributed by atoms with Crippen LogP contribution in [0, 0.1) is 0 Å². The Morgan fingerprint density at radius 2 is 2.05 bits per heavy atom. The van der Waals surface area contributed by atoms with Gasteiger partial charge in [0.05, 0.1) is 10.3 Å². The molecule has 0 amide bonds. The van der Waals surface area contributed by atoms with E-state index in [9.17, 15) is 18.3 Å². The molecule has 1 heterocycles. The van der Waals surface area contributed by atoms with E-state index in [4.69, 9.17) is 0 Å². The van der Waals surface area contributed by atoms with Gasteiger partial charge in [-0.1, -0.05) is 31.5 Å². The monoisotopic (exact) mass is 315 g/mol. The summed E-state index contributed by atoms with van der Waals surface area (Å²) < 4.78 is 26.5. The van der Waals surface area contributed by atoms with Crippen LogP contribution in [0.4, 0.5) is 0 Å². The summed E-state index contributed by atoms with van der Waals surface area (Å²) in [6.07, 6.45) is 1.46. The second-order valence-corrected chi connectivity index (χ2v) is 7.63. The molecule has 2 rings (SSSR count).